The second kappa shape index (κ2) is 8.45. The van der Waals surface area contributed by atoms with Crippen LogP contribution in [0, 0.1) is 13.8 Å². The van der Waals surface area contributed by atoms with E-state index in [9.17, 15) is 5.11 Å². The van der Waals surface area contributed by atoms with Crippen molar-refractivity contribution in [2.24, 2.45) is 0 Å². The van der Waals surface area contributed by atoms with E-state index < -0.39 is 0 Å². The maximum atomic E-state index is 9.67. The Labute approximate surface area is 182 Å². The van der Waals surface area contributed by atoms with Gasteiger partial charge in [-0.1, -0.05) is 6.07 Å². The first-order valence-corrected chi connectivity index (χ1v) is 10.4. The van der Waals surface area contributed by atoms with Crippen molar-refractivity contribution < 1.29 is 9.84 Å². The van der Waals surface area contributed by atoms with Gasteiger partial charge in [0.05, 0.1) is 24.4 Å². The molecule has 30 heavy (non-hydrogen) atoms. The minimum atomic E-state index is -0.0516. The summed E-state index contributed by atoms with van der Waals surface area (Å²) in [7, 11) is 1.70. The molecule has 6 nitrogen and oxygen atoms in total. The molecule has 2 N–H and O–H groups in total. The number of benzene rings is 1. The number of ether oxygens (including phenoxy) is 1. The summed E-state index contributed by atoms with van der Waals surface area (Å²) in [6.07, 6.45) is 1.81. The highest BCUT2D eigenvalue weighted by Crippen LogP contribution is 2.41. The third kappa shape index (κ3) is 3.66. The minimum absolute atomic E-state index is 0.000356. The maximum absolute atomic E-state index is 9.67. The Kier molecular flexibility index (Phi) is 5.74. The van der Waals surface area contributed by atoms with Crippen molar-refractivity contribution in [3.63, 3.8) is 0 Å². The van der Waals surface area contributed by atoms with Gasteiger partial charge in [-0.2, -0.15) is 0 Å². The van der Waals surface area contributed by atoms with Gasteiger partial charge in [-0.05, 0) is 74.1 Å². The molecule has 0 saturated carbocycles. The number of hydrogen-bond donors (Lipinski definition) is 2. The lowest BCUT2D eigenvalue weighted by molar-refractivity contribution is 0.164. The molecule has 156 valence electrons. The maximum Gasteiger partial charge on any atom is 0.170 e. The third-order valence-electron chi connectivity index (χ3n) is 5.63. The van der Waals surface area contributed by atoms with Crippen LogP contribution in [0.2, 0.25) is 0 Å². The van der Waals surface area contributed by atoms with Crippen LogP contribution in [0.15, 0.2) is 54.7 Å². The molecule has 0 spiro atoms. The molecule has 0 radical (unpaired) electrons. The molecule has 0 unspecified atom stereocenters. The molecule has 0 amide bonds. The van der Waals surface area contributed by atoms with Crippen LogP contribution in [0.5, 0.6) is 5.75 Å². The number of phenolic OH excluding ortho intramolecular Hbond substituents is 1. The lowest BCUT2D eigenvalue weighted by Gasteiger charge is -2.28. The van der Waals surface area contributed by atoms with Crippen molar-refractivity contribution in [1.82, 2.24) is 19.8 Å². The Morgan fingerprint density at radius 3 is 2.60 bits per heavy atom. The Morgan fingerprint density at radius 2 is 1.93 bits per heavy atom. The summed E-state index contributed by atoms with van der Waals surface area (Å²) < 4.78 is 7.55. The SMILES string of the molecule is COCCN1C(=S)N[C@@H](c2ccccn2)[C@H]1c1cc(C)n(-c2ccc(O)cc2)c1C. The molecule has 1 fully saturated rings. The zero-order chi connectivity index (χ0) is 21.3. The van der Waals surface area contributed by atoms with E-state index in [1.807, 2.05) is 36.5 Å². The van der Waals surface area contributed by atoms with Gasteiger partial charge in [-0.3, -0.25) is 4.98 Å². The normalized spacial score (nSPS) is 18.6. The van der Waals surface area contributed by atoms with Gasteiger partial charge in [0.2, 0.25) is 0 Å². The first-order valence-electron chi connectivity index (χ1n) is 9.96. The largest absolute Gasteiger partial charge is 0.508 e. The predicted octanol–water partition coefficient (Wildman–Crippen LogP) is 3.81. The Bertz CT molecular complexity index is 1030. The summed E-state index contributed by atoms with van der Waals surface area (Å²) in [5, 5.41) is 13.9. The van der Waals surface area contributed by atoms with Crippen LogP contribution in [0.25, 0.3) is 5.69 Å². The average Bonchev–Trinajstić information content (AvgIpc) is 3.23. The van der Waals surface area contributed by atoms with Gasteiger partial charge in [0, 0.05) is 36.9 Å². The molecule has 1 aromatic carbocycles. The summed E-state index contributed by atoms with van der Waals surface area (Å²) in [5.74, 6) is 0.257. The number of rotatable bonds is 6. The van der Waals surface area contributed by atoms with Crippen molar-refractivity contribution in [3.8, 4) is 11.4 Å². The monoisotopic (exact) mass is 422 g/mol. The van der Waals surface area contributed by atoms with Crippen LogP contribution in [0.4, 0.5) is 0 Å². The highest BCUT2D eigenvalue weighted by atomic mass is 32.1. The van der Waals surface area contributed by atoms with Gasteiger partial charge in [0.25, 0.3) is 0 Å². The van der Waals surface area contributed by atoms with E-state index in [1.54, 1.807) is 19.2 Å². The smallest absolute Gasteiger partial charge is 0.170 e. The number of thiocarbonyl (C=S) groups is 1. The van der Waals surface area contributed by atoms with Crippen LogP contribution < -0.4 is 5.32 Å². The van der Waals surface area contributed by atoms with Gasteiger partial charge in [-0.15, -0.1) is 0 Å². The standard InChI is InChI=1S/C23H26N4O2S/c1-15-14-19(16(2)27(15)17-7-9-18(28)10-8-17)22-21(20-6-4-5-11-24-20)25-23(30)26(22)12-13-29-3/h4-11,14,21-22,28H,12-13H2,1-3H3,(H,25,30)/t21-,22+/m0/s1. The van der Waals surface area contributed by atoms with Crippen molar-refractivity contribution in [2.45, 2.75) is 25.9 Å². The fraction of sp³-hybridized carbons (Fsp3) is 0.304. The summed E-state index contributed by atoms with van der Waals surface area (Å²) in [6.45, 7) is 5.50. The Morgan fingerprint density at radius 1 is 1.17 bits per heavy atom. The summed E-state index contributed by atoms with van der Waals surface area (Å²) in [5.41, 5.74) is 5.43. The fourth-order valence-electron chi connectivity index (χ4n) is 4.26. The van der Waals surface area contributed by atoms with Crippen molar-refractivity contribution in [1.29, 1.82) is 0 Å². The molecule has 1 aliphatic heterocycles. The van der Waals surface area contributed by atoms with Crippen LogP contribution in [0.3, 0.4) is 0 Å². The second-order valence-electron chi connectivity index (χ2n) is 7.49. The summed E-state index contributed by atoms with van der Waals surface area (Å²) in [4.78, 5) is 6.79. The summed E-state index contributed by atoms with van der Waals surface area (Å²) >= 11 is 5.70. The second-order valence-corrected chi connectivity index (χ2v) is 7.88. The summed E-state index contributed by atoms with van der Waals surface area (Å²) in [6, 6.07) is 15.4. The zero-order valence-corrected chi connectivity index (χ0v) is 18.2. The predicted molar refractivity (Wildman–Crippen MR) is 121 cm³/mol. The number of nitrogens with one attached hydrogen (secondary N) is 1. The van der Waals surface area contributed by atoms with E-state index in [2.05, 4.69) is 39.7 Å². The van der Waals surface area contributed by atoms with E-state index in [0.717, 1.165) is 22.8 Å². The van der Waals surface area contributed by atoms with Gasteiger partial charge in [0.1, 0.15) is 5.75 Å². The van der Waals surface area contributed by atoms with Crippen LogP contribution in [-0.4, -0.2) is 44.9 Å². The molecule has 3 aromatic rings. The van der Waals surface area contributed by atoms with E-state index in [0.29, 0.717) is 18.3 Å². The van der Waals surface area contributed by atoms with E-state index in [4.69, 9.17) is 17.0 Å². The lowest BCUT2D eigenvalue weighted by atomic mass is 9.97. The van der Waals surface area contributed by atoms with E-state index >= 15 is 0 Å². The number of phenols is 1. The topological polar surface area (TPSA) is 62.5 Å². The van der Waals surface area contributed by atoms with Crippen LogP contribution in [0.1, 0.15) is 34.7 Å². The van der Waals surface area contributed by atoms with Crippen molar-refractivity contribution in [2.75, 3.05) is 20.3 Å². The molecule has 1 aliphatic rings. The van der Waals surface area contributed by atoms with Crippen LogP contribution >= 0.6 is 12.2 Å². The average molecular weight is 423 g/mol. The molecular formula is C23H26N4O2S. The van der Waals surface area contributed by atoms with Crippen LogP contribution in [-0.2, 0) is 4.74 Å². The highest BCUT2D eigenvalue weighted by molar-refractivity contribution is 7.80. The Balaban J connectivity index is 1.81. The number of methoxy groups -OCH3 is 1. The Hall–Kier alpha value is -2.90. The lowest BCUT2D eigenvalue weighted by Crippen LogP contribution is -2.32. The molecule has 3 heterocycles. The molecule has 0 bridgehead atoms. The fourth-order valence-corrected chi connectivity index (χ4v) is 4.59. The molecular weight excluding hydrogens is 396 g/mol. The number of pyridine rings is 1. The molecule has 4 rings (SSSR count). The number of aryl methyl sites for hydroxylation is 1. The first-order chi connectivity index (χ1) is 14.5. The van der Waals surface area contributed by atoms with Crippen molar-refractivity contribution >= 4 is 17.3 Å². The quantitative estimate of drug-likeness (QED) is 0.589. The number of aromatic hydroxyl groups is 1. The van der Waals surface area contributed by atoms with E-state index in [1.165, 1.54) is 5.56 Å². The molecule has 1 saturated heterocycles. The molecule has 0 aliphatic carbocycles. The minimum Gasteiger partial charge on any atom is -0.508 e. The van der Waals surface area contributed by atoms with E-state index in [-0.39, 0.29) is 17.8 Å². The molecule has 2 aromatic heterocycles. The number of hydrogen-bond acceptors (Lipinski definition) is 4. The molecule has 7 heteroatoms. The molecule has 2 atom stereocenters. The van der Waals surface area contributed by atoms with Gasteiger partial charge < -0.3 is 24.6 Å². The van der Waals surface area contributed by atoms with Crippen molar-refractivity contribution in [3.05, 3.63) is 77.4 Å². The third-order valence-corrected chi connectivity index (χ3v) is 5.98. The van der Waals surface area contributed by atoms with Gasteiger partial charge in [-0.25, -0.2) is 0 Å². The highest BCUT2D eigenvalue weighted by Gasteiger charge is 2.41. The zero-order valence-electron chi connectivity index (χ0n) is 17.4. The first kappa shape index (κ1) is 20.4. The number of nitrogens with zero attached hydrogens (tertiary/aromatic N) is 3. The van der Waals surface area contributed by atoms with Gasteiger partial charge >= 0.3 is 0 Å². The van der Waals surface area contributed by atoms with Gasteiger partial charge in [0.15, 0.2) is 5.11 Å². The number of aromatic nitrogens is 2.